The molecule has 0 aliphatic carbocycles. The molecule has 2 rings (SSSR count). The van der Waals surface area contributed by atoms with Crippen LogP contribution in [0, 0.1) is 10.1 Å². The molecule has 1 heterocycles. The van der Waals surface area contributed by atoms with Crippen molar-refractivity contribution in [1.82, 2.24) is 4.31 Å². The fraction of sp³-hybridized carbons (Fsp3) is 0.333. The Bertz CT molecular complexity index is 611. The maximum absolute atomic E-state index is 12.0. The molecule has 0 saturated carbocycles. The first-order valence-corrected chi connectivity index (χ1v) is 5.84. The molecule has 0 spiro atoms. The minimum absolute atomic E-state index is 0.0597. The van der Waals surface area contributed by atoms with E-state index in [1.165, 1.54) is 0 Å². The molecule has 1 unspecified atom stereocenters. The summed E-state index contributed by atoms with van der Waals surface area (Å²) in [6.45, 7) is -2.41. The molecule has 2 atom stereocenters. The van der Waals surface area contributed by atoms with Crippen LogP contribution in [0.25, 0.3) is 0 Å². The second-order valence-electron chi connectivity index (χ2n) is 3.34. The molecule has 1 saturated heterocycles. The van der Waals surface area contributed by atoms with Gasteiger partial charge in [0.15, 0.2) is 0 Å². The Morgan fingerprint density at radius 1 is 1.50 bits per heavy atom. The number of hydrogen-bond acceptors (Lipinski definition) is 4. The summed E-state index contributed by atoms with van der Waals surface area (Å²) in [7, 11) is -3.89. The SMILES string of the molecule is [2H]C([2H])([2H])[C@@H]1CN1S(=O)(=O)c1ccc([N+](=O)[O-])cc1. The van der Waals surface area contributed by atoms with Crippen LogP contribution < -0.4 is 0 Å². The maximum Gasteiger partial charge on any atom is 0.269 e. The van der Waals surface area contributed by atoms with Crippen LogP contribution in [0.5, 0.6) is 0 Å². The molecule has 1 fully saturated rings. The van der Waals surface area contributed by atoms with E-state index in [2.05, 4.69) is 0 Å². The molecule has 0 bridgehead atoms. The van der Waals surface area contributed by atoms with Gasteiger partial charge in [0.05, 0.1) is 9.82 Å². The van der Waals surface area contributed by atoms with Crippen molar-refractivity contribution in [2.75, 3.05) is 6.54 Å². The van der Waals surface area contributed by atoms with Gasteiger partial charge in [-0.3, -0.25) is 10.1 Å². The molecule has 0 N–H and O–H groups in total. The molecular formula is C9H10N2O4S. The van der Waals surface area contributed by atoms with E-state index >= 15 is 0 Å². The van der Waals surface area contributed by atoms with Crippen molar-refractivity contribution in [2.24, 2.45) is 0 Å². The molecule has 1 aliphatic heterocycles. The summed E-state index contributed by atoms with van der Waals surface area (Å²) in [5.74, 6) is 0. The van der Waals surface area contributed by atoms with Gasteiger partial charge in [0.1, 0.15) is 0 Å². The van der Waals surface area contributed by atoms with Crippen LogP contribution in [0.2, 0.25) is 0 Å². The number of nitro benzene ring substituents is 1. The maximum atomic E-state index is 12.0. The minimum atomic E-state index is -3.89. The van der Waals surface area contributed by atoms with Crippen molar-refractivity contribution >= 4 is 15.7 Å². The molecule has 1 aromatic rings. The smallest absolute Gasteiger partial charge is 0.258 e. The van der Waals surface area contributed by atoms with E-state index < -0.39 is 27.8 Å². The van der Waals surface area contributed by atoms with Crippen LogP contribution in [0.4, 0.5) is 5.69 Å². The van der Waals surface area contributed by atoms with Crippen LogP contribution in [0.15, 0.2) is 29.2 Å². The van der Waals surface area contributed by atoms with Gasteiger partial charge in [-0.05, 0) is 19.0 Å². The van der Waals surface area contributed by atoms with Crippen LogP contribution >= 0.6 is 0 Å². The first-order chi connectivity index (χ1) is 8.64. The predicted octanol–water partition coefficient (Wildman–Crippen LogP) is 0.988. The van der Waals surface area contributed by atoms with Crippen molar-refractivity contribution in [1.29, 1.82) is 0 Å². The van der Waals surface area contributed by atoms with Crippen LogP contribution in [-0.4, -0.2) is 30.2 Å². The Hall–Kier alpha value is -1.47. The first kappa shape index (κ1) is 7.75. The Morgan fingerprint density at radius 2 is 2.12 bits per heavy atom. The summed E-state index contributed by atoms with van der Waals surface area (Å²) in [6.07, 6.45) is 0. The minimum Gasteiger partial charge on any atom is -0.258 e. The monoisotopic (exact) mass is 245 g/mol. The summed E-state index contributed by atoms with van der Waals surface area (Å²) >= 11 is 0. The van der Waals surface area contributed by atoms with Gasteiger partial charge in [-0.2, -0.15) is 4.31 Å². The second-order valence-corrected chi connectivity index (χ2v) is 5.23. The summed E-state index contributed by atoms with van der Waals surface area (Å²) in [4.78, 5) is 9.67. The van der Waals surface area contributed by atoms with Crippen molar-refractivity contribution in [3.8, 4) is 0 Å². The molecule has 86 valence electrons. The highest BCUT2D eigenvalue weighted by Crippen LogP contribution is 2.28. The lowest BCUT2D eigenvalue weighted by Gasteiger charge is -2.04. The van der Waals surface area contributed by atoms with Gasteiger partial charge in [0, 0.05) is 28.8 Å². The third kappa shape index (κ3) is 1.79. The summed E-state index contributed by atoms with van der Waals surface area (Å²) < 4.78 is 46.4. The fourth-order valence-corrected chi connectivity index (χ4v) is 2.69. The average molecular weight is 245 g/mol. The predicted molar refractivity (Wildman–Crippen MR) is 56.5 cm³/mol. The number of nitrogens with zero attached hydrogens (tertiary/aromatic N) is 2. The molecular weight excluding hydrogens is 232 g/mol. The number of rotatable bonds is 3. The molecule has 7 heteroatoms. The fourth-order valence-electron chi connectivity index (χ4n) is 1.26. The summed E-state index contributed by atoms with van der Waals surface area (Å²) in [5, 5.41) is 10.5. The van der Waals surface area contributed by atoms with E-state index in [0.717, 1.165) is 28.6 Å². The number of hydrogen-bond donors (Lipinski definition) is 0. The zero-order chi connectivity index (χ0) is 14.4. The van der Waals surface area contributed by atoms with E-state index in [0.29, 0.717) is 0 Å². The first-order valence-electron chi connectivity index (χ1n) is 5.90. The lowest BCUT2D eigenvalue weighted by atomic mass is 10.3. The molecule has 0 radical (unpaired) electrons. The van der Waals surface area contributed by atoms with Crippen LogP contribution in [-0.2, 0) is 10.0 Å². The lowest BCUT2D eigenvalue weighted by molar-refractivity contribution is -0.384. The zero-order valence-corrected chi connectivity index (χ0v) is 8.85. The third-order valence-electron chi connectivity index (χ3n) is 2.22. The molecule has 1 aliphatic rings. The van der Waals surface area contributed by atoms with Crippen molar-refractivity contribution < 1.29 is 17.5 Å². The molecule has 0 aromatic heterocycles. The highest BCUT2D eigenvalue weighted by Gasteiger charge is 2.41. The van der Waals surface area contributed by atoms with Gasteiger partial charge in [0.25, 0.3) is 5.69 Å². The molecule has 1 aromatic carbocycles. The van der Waals surface area contributed by atoms with Gasteiger partial charge in [-0.25, -0.2) is 8.42 Å². The quantitative estimate of drug-likeness (QED) is 0.452. The number of benzene rings is 1. The van der Waals surface area contributed by atoms with E-state index in [9.17, 15) is 18.5 Å². The third-order valence-corrected chi connectivity index (χ3v) is 4.11. The standard InChI is InChI=1S/C9H10N2O4S/c1-7-6-10(7)16(14,15)9-4-2-8(3-5-9)11(12)13/h2-5,7H,6H2,1H3/t7-,10?/m1/s1/i1D3. The molecule has 0 amide bonds. The van der Waals surface area contributed by atoms with E-state index in [1.54, 1.807) is 0 Å². The van der Waals surface area contributed by atoms with Crippen molar-refractivity contribution in [3.63, 3.8) is 0 Å². The Kier molecular flexibility index (Phi) is 1.71. The van der Waals surface area contributed by atoms with Gasteiger partial charge in [0.2, 0.25) is 10.0 Å². The second kappa shape index (κ2) is 3.53. The van der Waals surface area contributed by atoms with Gasteiger partial charge < -0.3 is 0 Å². The summed E-state index contributed by atoms with van der Waals surface area (Å²) in [5.41, 5.74) is -0.225. The molecule has 6 nitrogen and oxygen atoms in total. The number of non-ortho nitro benzene ring substituents is 1. The van der Waals surface area contributed by atoms with Gasteiger partial charge in [-0.15, -0.1) is 0 Å². The number of sulfonamides is 1. The van der Waals surface area contributed by atoms with Gasteiger partial charge >= 0.3 is 0 Å². The normalized spacial score (nSPS) is 27.6. The zero-order valence-electron chi connectivity index (χ0n) is 11.0. The number of nitro groups is 1. The largest absolute Gasteiger partial charge is 0.269 e. The van der Waals surface area contributed by atoms with E-state index in [-0.39, 0.29) is 17.1 Å². The van der Waals surface area contributed by atoms with Gasteiger partial charge in [-0.1, -0.05) is 0 Å². The van der Waals surface area contributed by atoms with Crippen LogP contribution in [0.1, 0.15) is 11.0 Å². The highest BCUT2D eigenvalue weighted by atomic mass is 32.2. The summed E-state index contributed by atoms with van der Waals surface area (Å²) in [6, 6.07) is 3.33. The Balaban J connectivity index is 2.25. The van der Waals surface area contributed by atoms with Crippen LogP contribution in [0.3, 0.4) is 0 Å². The van der Waals surface area contributed by atoms with Crippen molar-refractivity contribution in [2.45, 2.75) is 17.8 Å². The molecule has 16 heavy (non-hydrogen) atoms. The topological polar surface area (TPSA) is 80.3 Å². The lowest BCUT2D eigenvalue weighted by Crippen LogP contribution is -2.13. The Morgan fingerprint density at radius 3 is 2.56 bits per heavy atom. The van der Waals surface area contributed by atoms with Crippen molar-refractivity contribution in [3.05, 3.63) is 34.4 Å². The average Bonchev–Trinajstić information content (AvgIpc) is 3.08. The Labute approximate surface area is 96.9 Å². The van der Waals surface area contributed by atoms with E-state index in [1.807, 2.05) is 0 Å². The van der Waals surface area contributed by atoms with E-state index in [4.69, 9.17) is 4.11 Å². The highest BCUT2D eigenvalue weighted by molar-refractivity contribution is 7.89.